The van der Waals surface area contributed by atoms with Gasteiger partial charge in [0, 0.05) is 5.56 Å². The monoisotopic (exact) mass is 179 g/mol. The van der Waals surface area contributed by atoms with Gasteiger partial charge in [-0.2, -0.15) is 4.99 Å². The van der Waals surface area contributed by atoms with Gasteiger partial charge in [0.05, 0.1) is 6.04 Å². The number of isocyanates is 1. The van der Waals surface area contributed by atoms with E-state index in [2.05, 4.69) is 4.99 Å². The number of rotatable bonds is 2. The van der Waals surface area contributed by atoms with Gasteiger partial charge in [-0.15, -0.1) is 0 Å². The van der Waals surface area contributed by atoms with Gasteiger partial charge >= 0.3 is 0 Å². The molecule has 0 aromatic heterocycles. The van der Waals surface area contributed by atoms with Crippen LogP contribution in [0, 0.1) is 12.7 Å². The smallest absolute Gasteiger partial charge is 0.211 e. The number of halogens is 1. The van der Waals surface area contributed by atoms with E-state index in [4.69, 9.17) is 0 Å². The van der Waals surface area contributed by atoms with Crippen LogP contribution in [0.4, 0.5) is 4.39 Å². The summed E-state index contributed by atoms with van der Waals surface area (Å²) < 4.78 is 13.2. The van der Waals surface area contributed by atoms with E-state index in [0.717, 1.165) is 5.56 Å². The van der Waals surface area contributed by atoms with Crippen molar-refractivity contribution < 1.29 is 9.18 Å². The number of nitrogens with zero attached hydrogens (tertiary/aromatic N) is 1. The Morgan fingerprint density at radius 3 is 2.77 bits per heavy atom. The van der Waals surface area contributed by atoms with Gasteiger partial charge in [0.25, 0.3) is 0 Å². The zero-order chi connectivity index (χ0) is 9.84. The normalized spacial score (nSPS) is 11.9. The Hall–Kier alpha value is -1.47. The van der Waals surface area contributed by atoms with Crippen molar-refractivity contribution in [2.24, 2.45) is 4.99 Å². The van der Waals surface area contributed by atoms with Crippen LogP contribution in [0.2, 0.25) is 0 Å². The van der Waals surface area contributed by atoms with E-state index in [9.17, 15) is 9.18 Å². The van der Waals surface area contributed by atoms with E-state index in [1.165, 1.54) is 12.1 Å². The highest BCUT2D eigenvalue weighted by molar-refractivity contribution is 5.36. The Morgan fingerprint density at radius 2 is 2.23 bits per heavy atom. The van der Waals surface area contributed by atoms with Gasteiger partial charge < -0.3 is 0 Å². The molecular formula is C10H10FNO. The zero-order valence-electron chi connectivity index (χ0n) is 7.54. The van der Waals surface area contributed by atoms with Crippen LogP contribution in [-0.4, -0.2) is 6.08 Å². The molecule has 1 aromatic carbocycles. The number of aryl methyl sites for hydroxylation is 1. The highest BCUT2D eigenvalue weighted by Gasteiger charge is 2.08. The summed E-state index contributed by atoms with van der Waals surface area (Å²) in [5, 5.41) is 0. The predicted octanol–water partition coefficient (Wildman–Crippen LogP) is 2.53. The summed E-state index contributed by atoms with van der Waals surface area (Å²) in [5.74, 6) is -0.327. The maximum absolute atomic E-state index is 13.2. The maximum atomic E-state index is 13.2. The van der Waals surface area contributed by atoms with Gasteiger partial charge in [-0.05, 0) is 25.5 Å². The zero-order valence-corrected chi connectivity index (χ0v) is 7.54. The van der Waals surface area contributed by atoms with Crippen LogP contribution in [0.1, 0.15) is 24.1 Å². The first kappa shape index (κ1) is 9.62. The second-order valence-electron chi connectivity index (χ2n) is 2.92. The molecule has 0 bridgehead atoms. The third kappa shape index (κ3) is 2.23. The van der Waals surface area contributed by atoms with Crippen molar-refractivity contribution >= 4 is 6.08 Å². The molecule has 0 saturated carbocycles. The van der Waals surface area contributed by atoms with Crippen molar-refractivity contribution in [1.82, 2.24) is 0 Å². The molecule has 68 valence electrons. The molecule has 1 aromatic rings. The van der Waals surface area contributed by atoms with E-state index >= 15 is 0 Å². The molecule has 0 N–H and O–H groups in total. The van der Waals surface area contributed by atoms with Crippen LogP contribution >= 0.6 is 0 Å². The summed E-state index contributed by atoms with van der Waals surface area (Å²) in [6.07, 6.45) is 1.42. The molecule has 1 rings (SSSR count). The minimum atomic E-state index is -0.460. The molecule has 0 aliphatic carbocycles. The van der Waals surface area contributed by atoms with E-state index in [1.807, 2.05) is 0 Å². The highest BCUT2D eigenvalue weighted by atomic mass is 19.1. The number of benzene rings is 1. The number of hydrogen-bond donors (Lipinski definition) is 0. The molecular weight excluding hydrogens is 169 g/mol. The molecule has 0 heterocycles. The van der Waals surface area contributed by atoms with Crippen molar-refractivity contribution in [2.45, 2.75) is 19.9 Å². The molecule has 0 saturated heterocycles. The number of hydrogen-bond acceptors (Lipinski definition) is 2. The lowest BCUT2D eigenvalue weighted by Gasteiger charge is -2.06. The van der Waals surface area contributed by atoms with E-state index in [0.29, 0.717) is 5.56 Å². The Balaban J connectivity index is 3.08. The average Bonchev–Trinajstić information content (AvgIpc) is 2.04. The molecule has 3 heteroatoms. The quantitative estimate of drug-likeness (QED) is 0.506. The minimum absolute atomic E-state index is 0.327. The molecule has 0 fully saturated rings. The molecule has 0 aliphatic heterocycles. The van der Waals surface area contributed by atoms with Crippen LogP contribution < -0.4 is 0 Å². The number of carbonyl (C=O) groups excluding carboxylic acids is 1. The fourth-order valence-corrected chi connectivity index (χ4v) is 1.12. The van der Waals surface area contributed by atoms with Crippen LogP contribution in [-0.2, 0) is 4.79 Å². The van der Waals surface area contributed by atoms with Crippen molar-refractivity contribution in [3.63, 3.8) is 0 Å². The minimum Gasteiger partial charge on any atom is -0.211 e. The largest absolute Gasteiger partial charge is 0.235 e. The Bertz CT molecular complexity index is 356. The SMILES string of the molecule is Cc1ccc(C(C)N=C=O)c(F)c1. The van der Waals surface area contributed by atoms with Gasteiger partial charge in [-0.25, -0.2) is 9.18 Å². The first-order valence-electron chi connectivity index (χ1n) is 3.98. The molecule has 0 amide bonds. The molecule has 2 nitrogen and oxygen atoms in total. The van der Waals surface area contributed by atoms with Gasteiger partial charge in [0.2, 0.25) is 6.08 Å². The van der Waals surface area contributed by atoms with Crippen molar-refractivity contribution in [3.05, 3.63) is 35.1 Å². The predicted molar refractivity (Wildman–Crippen MR) is 47.7 cm³/mol. The molecule has 0 aliphatic rings. The van der Waals surface area contributed by atoms with Crippen LogP contribution in [0.15, 0.2) is 23.2 Å². The lowest BCUT2D eigenvalue weighted by atomic mass is 10.1. The van der Waals surface area contributed by atoms with Crippen molar-refractivity contribution in [2.75, 3.05) is 0 Å². The summed E-state index contributed by atoms with van der Waals surface area (Å²) in [7, 11) is 0. The van der Waals surface area contributed by atoms with E-state index in [1.54, 1.807) is 26.0 Å². The summed E-state index contributed by atoms with van der Waals surface area (Å²) in [4.78, 5) is 13.4. The fraction of sp³-hybridized carbons (Fsp3) is 0.300. The lowest BCUT2D eigenvalue weighted by Crippen LogP contribution is -1.94. The molecule has 1 atom stereocenters. The van der Waals surface area contributed by atoms with Crippen LogP contribution in [0.3, 0.4) is 0 Å². The average molecular weight is 179 g/mol. The van der Waals surface area contributed by atoms with Crippen molar-refractivity contribution in [3.8, 4) is 0 Å². The third-order valence-electron chi connectivity index (χ3n) is 1.85. The summed E-state index contributed by atoms with van der Waals surface area (Å²) in [5.41, 5.74) is 1.28. The highest BCUT2D eigenvalue weighted by Crippen LogP contribution is 2.20. The first-order valence-corrected chi connectivity index (χ1v) is 3.98. The standard InChI is InChI=1S/C10H10FNO/c1-7-3-4-9(10(11)5-7)8(2)12-6-13/h3-5,8H,1-2H3. The maximum Gasteiger partial charge on any atom is 0.235 e. The second kappa shape index (κ2) is 3.97. The van der Waals surface area contributed by atoms with Gasteiger partial charge in [0.15, 0.2) is 0 Å². The van der Waals surface area contributed by atoms with Crippen LogP contribution in [0.25, 0.3) is 0 Å². The van der Waals surface area contributed by atoms with Crippen LogP contribution in [0.5, 0.6) is 0 Å². The number of aliphatic imine (C=N–C) groups is 1. The van der Waals surface area contributed by atoms with Gasteiger partial charge in [-0.1, -0.05) is 12.1 Å². The van der Waals surface area contributed by atoms with Crippen molar-refractivity contribution in [1.29, 1.82) is 0 Å². The summed E-state index contributed by atoms with van der Waals surface area (Å²) in [6, 6.07) is 4.38. The second-order valence-corrected chi connectivity index (χ2v) is 2.92. The Kier molecular flexibility index (Phi) is 2.93. The van der Waals surface area contributed by atoms with E-state index in [-0.39, 0.29) is 5.82 Å². The molecule has 1 unspecified atom stereocenters. The molecule has 0 radical (unpaired) electrons. The van der Waals surface area contributed by atoms with Gasteiger partial charge in [0.1, 0.15) is 5.82 Å². The lowest BCUT2D eigenvalue weighted by molar-refractivity contribution is 0.555. The fourth-order valence-electron chi connectivity index (χ4n) is 1.12. The van der Waals surface area contributed by atoms with Gasteiger partial charge in [-0.3, -0.25) is 0 Å². The Labute approximate surface area is 76.1 Å². The summed E-state index contributed by atoms with van der Waals surface area (Å²) >= 11 is 0. The topological polar surface area (TPSA) is 29.4 Å². The molecule has 13 heavy (non-hydrogen) atoms. The first-order chi connectivity index (χ1) is 6.15. The van der Waals surface area contributed by atoms with E-state index < -0.39 is 6.04 Å². The summed E-state index contributed by atoms with van der Waals surface area (Å²) in [6.45, 7) is 3.46. The third-order valence-corrected chi connectivity index (χ3v) is 1.85. The molecule has 0 spiro atoms. The Morgan fingerprint density at radius 1 is 1.54 bits per heavy atom.